The van der Waals surface area contributed by atoms with Crippen LogP contribution in [-0.4, -0.2) is 30.2 Å². The summed E-state index contributed by atoms with van der Waals surface area (Å²) in [6.45, 7) is 4.21. The molecule has 0 bridgehead atoms. The Labute approximate surface area is 262 Å². The molecule has 9 nitrogen and oxygen atoms in total. The number of fused-ring (bicyclic) bond motifs is 1. The number of carbonyl (C=O) groups excluding carboxylic acids is 2. The lowest BCUT2D eigenvalue weighted by molar-refractivity contribution is -0.113. The van der Waals surface area contributed by atoms with Crippen molar-refractivity contribution in [2.24, 2.45) is 4.99 Å². The van der Waals surface area contributed by atoms with Crippen LogP contribution in [0.2, 0.25) is 0 Å². The van der Waals surface area contributed by atoms with E-state index in [1.54, 1.807) is 66.1 Å². The Morgan fingerprint density at radius 1 is 1.00 bits per heavy atom. The quantitative estimate of drug-likeness (QED) is 0.236. The summed E-state index contributed by atoms with van der Waals surface area (Å²) in [5.41, 5.74) is 3.18. The maximum Gasteiger partial charge on any atom is 0.337 e. The third-order valence-corrected chi connectivity index (χ3v) is 8.28. The lowest BCUT2D eigenvalue weighted by Crippen LogP contribution is -2.40. The van der Waals surface area contributed by atoms with Gasteiger partial charge < -0.3 is 19.2 Å². The van der Waals surface area contributed by atoms with Gasteiger partial charge >= 0.3 is 5.97 Å². The molecule has 3 aromatic carbocycles. The molecule has 1 aliphatic heterocycles. The summed E-state index contributed by atoms with van der Waals surface area (Å²) in [6, 6.07) is 26.3. The third-order valence-electron chi connectivity index (χ3n) is 7.30. The summed E-state index contributed by atoms with van der Waals surface area (Å²) in [4.78, 5) is 44.7. The van der Waals surface area contributed by atoms with E-state index in [0.717, 1.165) is 11.1 Å². The molecule has 2 aromatic heterocycles. The van der Waals surface area contributed by atoms with E-state index in [0.29, 0.717) is 55.7 Å². The molecular formula is C35H29N3O6S. The van der Waals surface area contributed by atoms with Crippen molar-refractivity contribution in [1.29, 1.82) is 0 Å². The molecule has 226 valence electrons. The Kier molecular flexibility index (Phi) is 8.30. The highest BCUT2D eigenvalue weighted by molar-refractivity contribution is 7.07. The van der Waals surface area contributed by atoms with Gasteiger partial charge in [-0.1, -0.05) is 53.8 Å². The maximum atomic E-state index is 14.0. The predicted octanol–water partition coefficient (Wildman–Crippen LogP) is 5.32. The number of allylic oxidation sites excluding steroid dienone is 1. The zero-order chi connectivity index (χ0) is 31.5. The Hall–Kier alpha value is -5.48. The number of amides is 1. The smallest absolute Gasteiger partial charge is 0.337 e. The van der Waals surface area contributed by atoms with Crippen LogP contribution in [0.1, 0.15) is 41.6 Å². The monoisotopic (exact) mass is 619 g/mol. The van der Waals surface area contributed by atoms with E-state index in [1.165, 1.54) is 18.4 Å². The van der Waals surface area contributed by atoms with Crippen LogP contribution in [0.5, 0.6) is 5.75 Å². The summed E-state index contributed by atoms with van der Waals surface area (Å²) in [5.74, 6) is 0.982. The number of hydrogen-bond donors (Lipinski definition) is 1. The number of para-hydroxylation sites is 1. The van der Waals surface area contributed by atoms with Gasteiger partial charge in [0, 0.05) is 17.3 Å². The van der Waals surface area contributed by atoms with Crippen LogP contribution in [0.4, 0.5) is 5.69 Å². The Bertz CT molecular complexity index is 2090. The molecule has 45 heavy (non-hydrogen) atoms. The van der Waals surface area contributed by atoms with Gasteiger partial charge in [-0.2, -0.15) is 0 Å². The van der Waals surface area contributed by atoms with E-state index in [9.17, 15) is 14.4 Å². The highest BCUT2D eigenvalue weighted by Crippen LogP contribution is 2.32. The molecule has 1 N–H and O–H groups in total. The molecule has 6 rings (SSSR count). The van der Waals surface area contributed by atoms with Gasteiger partial charge in [-0.25, -0.2) is 9.79 Å². The predicted molar refractivity (Wildman–Crippen MR) is 172 cm³/mol. The van der Waals surface area contributed by atoms with Gasteiger partial charge in [0.1, 0.15) is 17.3 Å². The number of ether oxygens (including phenoxy) is 2. The molecule has 0 radical (unpaired) electrons. The Balaban J connectivity index is 1.40. The van der Waals surface area contributed by atoms with Crippen molar-refractivity contribution in [3.05, 3.63) is 139 Å². The molecule has 3 heterocycles. The zero-order valence-corrected chi connectivity index (χ0v) is 25.6. The van der Waals surface area contributed by atoms with Crippen LogP contribution in [0, 0.1) is 0 Å². The van der Waals surface area contributed by atoms with Gasteiger partial charge in [-0.15, -0.1) is 0 Å². The summed E-state index contributed by atoms with van der Waals surface area (Å²) in [7, 11) is 1.33. The first-order valence-corrected chi connectivity index (χ1v) is 15.1. The van der Waals surface area contributed by atoms with E-state index >= 15 is 0 Å². The Morgan fingerprint density at radius 3 is 2.42 bits per heavy atom. The molecule has 0 spiro atoms. The van der Waals surface area contributed by atoms with Gasteiger partial charge in [-0.3, -0.25) is 14.2 Å². The number of nitrogens with one attached hydrogen (secondary N) is 1. The van der Waals surface area contributed by atoms with Crippen LogP contribution in [0.3, 0.4) is 0 Å². The van der Waals surface area contributed by atoms with E-state index < -0.39 is 12.0 Å². The first-order valence-electron chi connectivity index (χ1n) is 14.3. The lowest BCUT2D eigenvalue weighted by atomic mass is 9.95. The van der Waals surface area contributed by atoms with Gasteiger partial charge in [0.2, 0.25) is 0 Å². The Morgan fingerprint density at radius 2 is 1.73 bits per heavy atom. The minimum Gasteiger partial charge on any atom is -0.494 e. The first kappa shape index (κ1) is 29.6. The van der Waals surface area contributed by atoms with E-state index in [2.05, 4.69) is 5.32 Å². The second kappa shape index (κ2) is 12.6. The van der Waals surface area contributed by atoms with Crippen molar-refractivity contribution in [3.63, 3.8) is 0 Å². The second-order valence-corrected chi connectivity index (χ2v) is 11.2. The molecule has 1 amide bonds. The highest BCUT2D eigenvalue weighted by Gasteiger charge is 2.32. The number of thiazole rings is 1. The average Bonchev–Trinajstić information content (AvgIpc) is 3.65. The van der Waals surface area contributed by atoms with E-state index in [-0.39, 0.29) is 11.5 Å². The van der Waals surface area contributed by atoms with Gasteiger partial charge in [0.25, 0.3) is 11.5 Å². The number of furan rings is 1. The summed E-state index contributed by atoms with van der Waals surface area (Å²) in [5, 5.41) is 2.96. The zero-order valence-electron chi connectivity index (χ0n) is 24.8. The number of aromatic nitrogens is 1. The molecule has 0 unspecified atom stereocenters. The fraction of sp³-hybridized carbons (Fsp3) is 0.143. The summed E-state index contributed by atoms with van der Waals surface area (Å²) >= 11 is 1.23. The minimum atomic E-state index is -0.719. The van der Waals surface area contributed by atoms with Crippen molar-refractivity contribution in [1.82, 2.24) is 4.57 Å². The standard InChI is InChI=1S/C35H29N3O6S/c1-4-43-26-16-14-23(15-17-26)31-30(32(39)37-25-8-6-5-7-9-25)21(2)36-35-38(31)33(40)29(45-35)20-27-18-19-28(44-27)22-10-12-24(13-11-22)34(41)42-3/h5-20,31H,4H2,1-3H3,(H,37,39)/b29-20-/t31-/m0/s1. The molecule has 10 heteroatoms. The van der Waals surface area contributed by atoms with Gasteiger partial charge in [0.05, 0.1) is 41.1 Å². The summed E-state index contributed by atoms with van der Waals surface area (Å²) in [6.07, 6.45) is 1.68. The number of carbonyl (C=O) groups is 2. The normalized spacial score (nSPS) is 14.5. The second-order valence-electron chi connectivity index (χ2n) is 10.2. The maximum absolute atomic E-state index is 14.0. The van der Waals surface area contributed by atoms with Crippen molar-refractivity contribution < 1.29 is 23.5 Å². The minimum absolute atomic E-state index is 0.296. The molecule has 0 saturated heterocycles. The topological polar surface area (TPSA) is 112 Å². The molecule has 1 atom stereocenters. The van der Waals surface area contributed by atoms with Crippen LogP contribution >= 0.6 is 11.3 Å². The lowest BCUT2D eigenvalue weighted by Gasteiger charge is -2.25. The van der Waals surface area contributed by atoms with Crippen LogP contribution < -0.4 is 24.9 Å². The molecule has 0 aliphatic carbocycles. The van der Waals surface area contributed by atoms with Crippen LogP contribution in [0.25, 0.3) is 17.4 Å². The average molecular weight is 620 g/mol. The number of nitrogens with zero attached hydrogens (tertiary/aromatic N) is 2. The van der Waals surface area contributed by atoms with Crippen molar-refractivity contribution >= 4 is 35.0 Å². The number of anilines is 1. The van der Waals surface area contributed by atoms with Gasteiger partial charge in [0.15, 0.2) is 4.80 Å². The number of hydrogen-bond acceptors (Lipinski definition) is 8. The fourth-order valence-corrected chi connectivity index (χ4v) is 6.19. The number of rotatable bonds is 8. The molecule has 0 fully saturated rings. The van der Waals surface area contributed by atoms with Crippen molar-refractivity contribution in [2.45, 2.75) is 19.9 Å². The number of methoxy groups -OCH3 is 1. The van der Waals surface area contributed by atoms with Crippen molar-refractivity contribution in [3.8, 4) is 17.1 Å². The first-order chi connectivity index (χ1) is 21.9. The largest absolute Gasteiger partial charge is 0.494 e. The van der Waals surface area contributed by atoms with Crippen LogP contribution in [0.15, 0.2) is 116 Å². The van der Waals surface area contributed by atoms with Crippen LogP contribution in [-0.2, 0) is 9.53 Å². The van der Waals surface area contributed by atoms with Gasteiger partial charge in [-0.05, 0) is 67.9 Å². The van der Waals surface area contributed by atoms with E-state index in [4.69, 9.17) is 18.9 Å². The molecule has 1 aliphatic rings. The molecule has 5 aromatic rings. The fourth-order valence-electron chi connectivity index (χ4n) is 5.16. The summed E-state index contributed by atoms with van der Waals surface area (Å²) < 4.78 is 18.4. The highest BCUT2D eigenvalue weighted by atomic mass is 32.1. The molecule has 0 saturated carbocycles. The number of benzene rings is 3. The molecular weight excluding hydrogens is 590 g/mol. The number of esters is 1. The van der Waals surface area contributed by atoms with E-state index in [1.807, 2.05) is 49.4 Å². The SMILES string of the molecule is CCOc1ccc([C@H]2C(C(=O)Nc3ccccc3)=C(C)N=c3s/c(=C\c4ccc(-c5ccc(C(=O)OC)cc5)o4)c(=O)n32)cc1. The third kappa shape index (κ3) is 6.00. The van der Waals surface area contributed by atoms with Crippen molar-refractivity contribution in [2.75, 3.05) is 19.0 Å².